The molecule has 0 unspecified atom stereocenters. The van der Waals surface area contributed by atoms with Crippen LogP contribution in [0.25, 0.3) is 0 Å². The largest absolute Gasteiger partial charge is 0.417 e. The van der Waals surface area contributed by atoms with Crippen molar-refractivity contribution in [2.24, 2.45) is 0 Å². The van der Waals surface area contributed by atoms with Crippen LogP contribution in [0.3, 0.4) is 0 Å². The summed E-state index contributed by atoms with van der Waals surface area (Å²) in [6.07, 6.45) is -4.54. The van der Waals surface area contributed by atoms with E-state index in [1.165, 1.54) is 35.2 Å². The van der Waals surface area contributed by atoms with Crippen LogP contribution in [0, 0.1) is 0 Å². The van der Waals surface area contributed by atoms with Crippen LogP contribution in [-0.4, -0.2) is 61.5 Å². The highest BCUT2D eigenvalue weighted by Gasteiger charge is 2.40. The Hall–Kier alpha value is -3.25. The molecule has 180 valence electrons. The van der Waals surface area contributed by atoms with E-state index in [1.54, 1.807) is 0 Å². The van der Waals surface area contributed by atoms with Crippen LogP contribution in [-0.2, 0) is 25.8 Å². The second-order valence-corrected chi connectivity index (χ2v) is 9.77. The lowest BCUT2D eigenvalue weighted by molar-refractivity contribution is -0.140. The fourth-order valence-corrected chi connectivity index (χ4v) is 5.63. The van der Waals surface area contributed by atoms with E-state index >= 15 is 0 Å². The molecular formula is C22H20F3N3O5S. The highest BCUT2D eigenvalue weighted by molar-refractivity contribution is 7.89. The maximum atomic E-state index is 13.3. The van der Waals surface area contributed by atoms with E-state index in [-0.39, 0.29) is 56.4 Å². The average molecular weight is 495 g/mol. The first-order valence-electron chi connectivity index (χ1n) is 10.4. The number of nitrogens with zero attached hydrogens (tertiary/aromatic N) is 3. The van der Waals surface area contributed by atoms with Crippen molar-refractivity contribution < 1.29 is 36.0 Å². The molecule has 8 nitrogen and oxygen atoms in total. The Morgan fingerprint density at radius 3 is 1.94 bits per heavy atom. The second kappa shape index (κ2) is 8.84. The minimum absolute atomic E-state index is 0.00288. The van der Waals surface area contributed by atoms with E-state index in [2.05, 4.69) is 0 Å². The van der Waals surface area contributed by atoms with Crippen molar-refractivity contribution >= 4 is 33.4 Å². The summed E-state index contributed by atoms with van der Waals surface area (Å²) >= 11 is 0. The van der Waals surface area contributed by atoms with Gasteiger partial charge in [-0.2, -0.15) is 17.5 Å². The molecule has 2 aliphatic heterocycles. The number of anilines is 1. The van der Waals surface area contributed by atoms with Gasteiger partial charge in [0.1, 0.15) is 0 Å². The third-order valence-corrected chi connectivity index (χ3v) is 7.72. The molecule has 0 saturated carbocycles. The zero-order valence-electron chi connectivity index (χ0n) is 17.8. The molecule has 0 bridgehead atoms. The number of carbonyl (C=O) groups is 3. The lowest BCUT2D eigenvalue weighted by atomic mass is 10.1. The van der Waals surface area contributed by atoms with Gasteiger partial charge < -0.3 is 4.90 Å². The third-order valence-electron chi connectivity index (χ3n) is 5.76. The topological polar surface area (TPSA) is 95.1 Å². The molecule has 3 amide bonds. The van der Waals surface area contributed by atoms with E-state index in [9.17, 15) is 36.0 Å². The fourth-order valence-electron chi connectivity index (χ4n) is 4.00. The maximum absolute atomic E-state index is 13.3. The van der Waals surface area contributed by atoms with E-state index in [4.69, 9.17) is 0 Å². The van der Waals surface area contributed by atoms with Gasteiger partial charge in [0.05, 0.1) is 16.1 Å². The molecule has 0 N–H and O–H groups in total. The summed E-state index contributed by atoms with van der Waals surface area (Å²) in [4.78, 5) is 38.2. The smallest absolute Gasteiger partial charge is 0.336 e. The number of alkyl halides is 3. The minimum Gasteiger partial charge on any atom is -0.336 e. The average Bonchev–Trinajstić information content (AvgIpc) is 3.16. The molecule has 0 spiro atoms. The van der Waals surface area contributed by atoms with E-state index in [0.717, 1.165) is 27.4 Å². The Kier molecular flexibility index (Phi) is 6.21. The van der Waals surface area contributed by atoms with Crippen molar-refractivity contribution in [3.63, 3.8) is 0 Å². The number of halogens is 3. The van der Waals surface area contributed by atoms with Gasteiger partial charge in [-0.1, -0.05) is 12.1 Å². The SMILES string of the molecule is O=C(c1ccc(N2C(=O)CCC2=O)cc1)N1CCN(S(=O)(=O)c2ccccc2C(F)(F)F)CC1. The number of piperazine rings is 1. The molecule has 2 fully saturated rings. The molecule has 0 radical (unpaired) electrons. The number of sulfonamides is 1. The van der Waals surface area contributed by atoms with Crippen molar-refractivity contribution in [1.29, 1.82) is 0 Å². The number of hydrogen-bond donors (Lipinski definition) is 0. The Morgan fingerprint density at radius 2 is 1.38 bits per heavy atom. The van der Waals surface area contributed by atoms with Gasteiger partial charge in [-0.3, -0.25) is 19.3 Å². The Morgan fingerprint density at radius 1 is 0.824 bits per heavy atom. The Balaban J connectivity index is 1.44. The third kappa shape index (κ3) is 4.42. The zero-order chi connectivity index (χ0) is 24.7. The number of benzene rings is 2. The molecule has 2 aromatic rings. The number of amides is 3. The van der Waals surface area contributed by atoms with E-state index in [0.29, 0.717) is 5.69 Å². The van der Waals surface area contributed by atoms with Crippen LogP contribution < -0.4 is 4.90 Å². The van der Waals surface area contributed by atoms with Gasteiger partial charge in [0.25, 0.3) is 5.91 Å². The number of rotatable bonds is 4. The fraction of sp³-hybridized carbons (Fsp3) is 0.318. The molecule has 34 heavy (non-hydrogen) atoms. The molecule has 0 atom stereocenters. The molecule has 2 aliphatic rings. The quantitative estimate of drug-likeness (QED) is 0.608. The van der Waals surface area contributed by atoms with Crippen LogP contribution in [0.2, 0.25) is 0 Å². The summed E-state index contributed by atoms with van der Waals surface area (Å²) < 4.78 is 66.6. The van der Waals surface area contributed by atoms with Crippen LogP contribution in [0.4, 0.5) is 18.9 Å². The van der Waals surface area contributed by atoms with Crippen LogP contribution in [0.5, 0.6) is 0 Å². The second-order valence-electron chi connectivity index (χ2n) is 7.86. The number of imide groups is 1. The standard InChI is InChI=1S/C22H20F3N3O5S/c23-22(24,25)17-3-1-2-4-18(17)34(32,33)27-13-11-26(12-14-27)21(31)15-5-7-16(8-6-15)28-19(29)9-10-20(28)30/h1-8H,9-14H2. The number of hydrogen-bond acceptors (Lipinski definition) is 5. The van der Waals surface area contributed by atoms with Crippen molar-refractivity contribution in [3.8, 4) is 0 Å². The molecule has 12 heteroatoms. The first-order valence-corrected chi connectivity index (χ1v) is 11.9. The van der Waals surface area contributed by atoms with E-state index < -0.39 is 32.6 Å². The molecule has 0 aromatic heterocycles. The van der Waals surface area contributed by atoms with Gasteiger partial charge in [-0.05, 0) is 36.4 Å². The molecule has 4 rings (SSSR count). The van der Waals surface area contributed by atoms with Crippen molar-refractivity contribution in [1.82, 2.24) is 9.21 Å². The first kappa shape index (κ1) is 23.9. The number of carbonyl (C=O) groups excluding carboxylic acids is 3. The Labute approximate surface area is 193 Å². The molecule has 0 aliphatic carbocycles. The van der Waals surface area contributed by atoms with Crippen molar-refractivity contribution in [3.05, 3.63) is 59.7 Å². The summed E-state index contributed by atoms with van der Waals surface area (Å²) in [5, 5.41) is 0. The van der Waals surface area contributed by atoms with Gasteiger partial charge in [0.2, 0.25) is 21.8 Å². The highest BCUT2D eigenvalue weighted by atomic mass is 32.2. The van der Waals surface area contributed by atoms with Gasteiger partial charge in [0.15, 0.2) is 0 Å². The highest BCUT2D eigenvalue weighted by Crippen LogP contribution is 2.35. The normalized spacial score (nSPS) is 18.0. The molecule has 2 heterocycles. The Bertz CT molecular complexity index is 1220. The summed E-state index contributed by atoms with van der Waals surface area (Å²) in [5.74, 6) is -1.01. The van der Waals surface area contributed by atoms with Crippen LogP contribution in [0.15, 0.2) is 53.4 Å². The van der Waals surface area contributed by atoms with Crippen molar-refractivity contribution in [2.45, 2.75) is 23.9 Å². The summed E-state index contributed by atoms with van der Waals surface area (Å²) in [6.45, 7) is -0.321. The van der Waals surface area contributed by atoms with Crippen molar-refractivity contribution in [2.75, 3.05) is 31.1 Å². The zero-order valence-corrected chi connectivity index (χ0v) is 18.6. The first-order chi connectivity index (χ1) is 16.0. The predicted molar refractivity (Wildman–Crippen MR) is 114 cm³/mol. The summed E-state index contributed by atoms with van der Waals surface area (Å²) in [6, 6.07) is 9.92. The van der Waals surface area contributed by atoms with Gasteiger partial charge in [-0.25, -0.2) is 8.42 Å². The van der Waals surface area contributed by atoms with Gasteiger partial charge in [-0.15, -0.1) is 0 Å². The monoisotopic (exact) mass is 495 g/mol. The summed E-state index contributed by atoms with van der Waals surface area (Å²) in [5.41, 5.74) is -0.589. The molecule has 2 saturated heterocycles. The van der Waals surface area contributed by atoms with Gasteiger partial charge in [0, 0.05) is 44.6 Å². The predicted octanol–water partition coefficient (Wildman–Crippen LogP) is 2.51. The molecular weight excluding hydrogens is 475 g/mol. The van der Waals surface area contributed by atoms with Crippen LogP contribution in [0.1, 0.15) is 28.8 Å². The van der Waals surface area contributed by atoms with Crippen LogP contribution >= 0.6 is 0 Å². The lowest BCUT2D eigenvalue weighted by Gasteiger charge is -2.34. The van der Waals surface area contributed by atoms with E-state index in [1.807, 2.05) is 0 Å². The minimum atomic E-state index is -4.82. The lowest BCUT2D eigenvalue weighted by Crippen LogP contribution is -2.50. The molecule has 2 aromatic carbocycles. The summed E-state index contributed by atoms with van der Waals surface area (Å²) in [7, 11) is -4.41. The maximum Gasteiger partial charge on any atom is 0.417 e. The van der Waals surface area contributed by atoms with Gasteiger partial charge >= 0.3 is 6.18 Å².